The minimum Gasteiger partial charge on any atom is -0.478 e. The van der Waals surface area contributed by atoms with E-state index in [9.17, 15) is 4.79 Å². The van der Waals surface area contributed by atoms with E-state index in [1.165, 1.54) is 16.3 Å². The van der Waals surface area contributed by atoms with Gasteiger partial charge in [-0.25, -0.2) is 4.79 Å². The second-order valence-electron chi connectivity index (χ2n) is 7.12. The van der Waals surface area contributed by atoms with Gasteiger partial charge in [0.25, 0.3) is 0 Å². The van der Waals surface area contributed by atoms with Gasteiger partial charge >= 0.3 is 5.97 Å². The molecule has 1 aliphatic heterocycles. The van der Waals surface area contributed by atoms with Crippen molar-refractivity contribution in [1.29, 1.82) is 0 Å². The zero-order valence-electron chi connectivity index (χ0n) is 14.8. The van der Waals surface area contributed by atoms with Crippen LogP contribution in [0, 0.1) is 0 Å². The summed E-state index contributed by atoms with van der Waals surface area (Å²) in [4.78, 5) is 13.6. The van der Waals surface area contributed by atoms with Gasteiger partial charge in [-0.05, 0) is 65.9 Å². The van der Waals surface area contributed by atoms with Crippen molar-refractivity contribution < 1.29 is 9.90 Å². The van der Waals surface area contributed by atoms with Gasteiger partial charge in [0, 0.05) is 6.54 Å². The fourth-order valence-corrected chi connectivity index (χ4v) is 4.07. The first-order chi connectivity index (χ1) is 12.7. The largest absolute Gasteiger partial charge is 0.478 e. The number of carbonyl (C=O) groups is 1. The number of rotatable bonds is 4. The van der Waals surface area contributed by atoms with Crippen molar-refractivity contribution >= 4 is 16.7 Å². The highest BCUT2D eigenvalue weighted by molar-refractivity contribution is 5.87. The van der Waals surface area contributed by atoms with Crippen molar-refractivity contribution in [3.05, 3.63) is 83.4 Å². The van der Waals surface area contributed by atoms with Gasteiger partial charge in [0.2, 0.25) is 0 Å². The molecular formula is C23H23NO2. The fourth-order valence-electron chi connectivity index (χ4n) is 4.07. The predicted molar refractivity (Wildman–Crippen MR) is 105 cm³/mol. The van der Waals surface area contributed by atoms with Gasteiger partial charge in [0.05, 0.1) is 5.56 Å². The van der Waals surface area contributed by atoms with Crippen LogP contribution in [0.5, 0.6) is 0 Å². The molecule has 3 nitrogen and oxygen atoms in total. The summed E-state index contributed by atoms with van der Waals surface area (Å²) in [6.45, 7) is 2.92. The van der Waals surface area contributed by atoms with Gasteiger partial charge in [-0.15, -0.1) is 0 Å². The molecule has 0 amide bonds. The average Bonchev–Trinajstić information content (AvgIpc) is 2.68. The Bertz CT molecular complexity index is 921. The van der Waals surface area contributed by atoms with Gasteiger partial charge in [-0.3, -0.25) is 4.90 Å². The van der Waals surface area contributed by atoms with Crippen LogP contribution < -0.4 is 0 Å². The Morgan fingerprint density at radius 3 is 2.50 bits per heavy atom. The number of piperidine rings is 1. The molecule has 0 saturated carbocycles. The van der Waals surface area contributed by atoms with Crippen molar-refractivity contribution in [2.45, 2.75) is 25.3 Å². The maximum absolute atomic E-state index is 11.1. The molecule has 0 bridgehead atoms. The molecule has 3 heteroatoms. The van der Waals surface area contributed by atoms with Crippen molar-refractivity contribution in [3.63, 3.8) is 0 Å². The molecule has 132 valence electrons. The Kier molecular flexibility index (Phi) is 4.72. The van der Waals surface area contributed by atoms with E-state index in [0.29, 0.717) is 11.5 Å². The van der Waals surface area contributed by atoms with Crippen LogP contribution in [0.1, 0.15) is 40.2 Å². The van der Waals surface area contributed by atoms with E-state index in [2.05, 4.69) is 47.4 Å². The molecule has 0 atom stereocenters. The lowest BCUT2D eigenvalue weighted by molar-refractivity contribution is 0.0696. The Balaban J connectivity index is 1.44. The van der Waals surface area contributed by atoms with Gasteiger partial charge in [-0.2, -0.15) is 0 Å². The lowest BCUT2D eigenvalue weighted by Gasteiger charge is -2.32. The van der Waals surface area contributed by atoms with Gasteiger partial charge in [0.1, 0.15) is 0 Å². The number of benzene rings is 3. The zero-order chi connectivity index (χ0) is 17.9. The molecule has 0 spiro atoms. The molecule has 1 N–H and O–H groups in total. The minimum absolute atomic E-state index is 0.369. The molecule has 1 heterocycles. The highest BCUT2D eigenvalue weighted by Crippen LogP contribution is 2.33. The highest BCUT2D eigenvalue weighted by atomic mass is 16.4. The SMILES string of the molecule is O=C(O)c1cccc(CN2CCC(c3cccc4ccccc34)CC2)c1. The number of nitrogens with zero attached hydrogens (tertiary/aromatic N) is 1. The van der Waals surface area contributed by atoms with E-state index >= 15 is 0 Å². The summed E-state index contributed by atoms with van der Waals surface area (Å²) in [5.74, 6) is -0.260. The predicted octanol–water partition coefficient (Wildman–Crippen LogP) is 4.92. The van der Waals surface area contributed by atoms with Crippen LogP contribution in [0.3, 0.4) is 0 Å². The van der Waals surface area contributed by atoms with Gasteiger partial charge in [0.15, 0.2) is 0 Å². The fraction of sp³-hybridized carbons (Fsp3) is 0.261. The van der Waals surface area contributed by atoms with Crippen molar-refractivity contribution in [2.24, 2.45) is 0 Å². The van der Waals surface area contributed by atoms with Crippen LogP contribution in [0.2, 0.25) is 0 Å². The van der Waals surface area contributed by atoms with Crippen molar-refractivity contribution in [1.82, 2.24) is 4.90 Å². The summed E-state index contributed by atoms with van der Waals surface area (Å²) in [5.41, 5.74) is 2.91. The third-order valence-corrected chi connectivity index (χ3v) is 5.43. The molecule has 1 saturated heterocycles. The van der Waals surface area contributed by atoms with E-state index < -0.39 is 5.97 Å². The monoisotopic (exact) mass is 345 g/mol. The molecule has 1 aliphatic rings. The van der Waals surface area contributed by atoms with E-state index in [1.807, 2.05) is 12.1 Å². The van der Waals surface area contributed by atoms with Crippen LogP contribution in [0.15, 0.2) is 66.7 Å². The summed E-state index contributed by atoms with van der Waals surface area (Å²) >= 11 is 0. The highest BCUT2D eigenvalue weighted by Gasteiger charge is 2.22. The van der Waals surface area contributed by atoms with Gasteiger partial charge < -0.3 is 5.11 Å². The van der Waals surface area contributed by atoms with Gasteiger partial charge in [-0.1, -0.05) is 54.6 Å². The smallest absolute Gasteiger partial charge is 0.335 e. The molecule has 0 aliphatic carbocycles. The quantitative estimate of drug-likeness (QED) is 0.730. The molecular weight excluding hydrogens is 322 g/mol. The van der Waals surface area contributed by atoms with E-state index in [1.54, 1.807) is 12.1 Å². The average molecular weight is 345 g/mol. The van der Waals surface area contributed by atoms with E-state index in [-0.39, 0.29) is 0 Å². The van der Waals surface area contributed by atoms with Crippen molar-refractivity contribution in [2.75, 3.05) is 13.1 Å². The molecule has 4 rings (SSSR count). The maximum atomic E-state index is 11.1. The maximum Gasteiger partial charge on any atom is 0.335 e. The second-order valence-corrected chi connectivity index (χ2v) is 7.12. The molecule has 0 unspecified atom stereocenters. The van der Waals surface area contributed by atoms with E-state index in [4.69, 9.17) is 5.11 Å². The number of carboxylic acid groups (broad SMARTS) is 1. The topological polar surface area (TPSA) is 40.5 Å². The van der Waals surface area contributed by atoms with Crippen molar-refractivity contribution in [3.8, 4) is 0 Å². The third kappa shape index (κ3) is 3.49. The number of carboxylic acids is 1. The Labute approximate surface area is 153 Å². The lowest BCUT2D eigenvalue weighted by atomic mass is 9.86. The molecule has 3 aromatic rings. The first-order valence-corrected chi connectivity index (χ1v) is 9.23. The third-order valence-electron chi connectivity index (χ3n) is 5.43. The standard InChI is InChI=1S/C23H23NO2/c25-23(26)20-8-3-5-17(15-20)16-24-13-11-19(12-14-24)22-10-4-7-18-6-1-2-9-21(18)22/h1-10,15,19H,11-14,16H2,(H,25,26). The summed E-state index contributed by atoms with van der Waals surface area (Å²) in [6.07, 6.45) is 2.29. The number of aromatic carboxylic acids is 1. The Morgan fingerprint density at radius 1 is 0.962 bits per heavy atom. The minimum atomic E-state index is -0.860. The van der Waals surface area contributed by atoms with Crippen LogP contribution in [-0.2, 0) is 6.54 Å². The first kappa shape index (κ1) is 16.8. The normalized spacial score (nSPS) is 16.0. The molecule has 3 aromatic carbocycles. The number of fused-ring (bicyclic) bond motifs is 1. The summed E-state index contributed by atoms with van der Waals surface area (Å²) in [6, 6.07) is 22.6. The lowest BCUT2D eigenvalue weighted by Crippen LogP contribution is -2.32. The summed E-state index contributed by atoms with van der Waals surface area (Å²) in [7, 11) is 0. The number of hydrogen-bond donors (Lipinski definition) is 1. The number of hydrogen-bond acceptors (Lipinski definition) is 2. The molecule has 0 aromatic heterocycles. The van der Waals surface area contributed by atoms with E-state index in [0.717, 1.165) is 38.0 Å². The number of likely N-dealkylation sites (tertiary alicyclic amines) is 1. The van der Waals surface area contributed by atoms with Crippen LogP contribution in [0.4, 0.5) is 0 Å². The Hall–Kier alpha value is -2.65. The van der Waals surface area contributed by atoms with Crippen LogP contribution in [-0.4, -0.2) is 29.1 Å². The summed E-state index contributed by atoms with van der Waals surface area (Å²) in [5, 5.41) is 11.8. The van der Waals surface area contributed by atoms with Crippen LogP contribution in [0.25, 0.3) is 10.8 Å². The second kappa shape index (κ2) is 7.30. The molecule has 1 fully saturated rings. The van der Waals surface area contributed by atoms with Crippen LogP contribution >= 0.6 is 0 Å². The molecule has 26 heavy (non-hydrogen) atoms. The summed E-state index contributed by atoms with van der Waals surface area (Å²) < 4.78 is 0. The first-order valence-electron chi connectivity index (χ1n) is 9.23. The molecule has 0 radical (unpaired) electrons. The Morgan fingerprint density at radius 2 is 1.69 bits per heavy atom. The zero-order valence-corrected chi connectivity index (χ0v) is 14.8.